The molecule has 0 unspecified atom stereocenters. The summed E-state index contributed by atoms with van der Waals surface area (Å²) in [5.41, 5.74) is 3.52. The van der Waals surface area contributed by atoms with E-state index in [9.17, 15) is 9.59 Å². The van der Waals surface area contributed by atoms with Gasteiger partial charge in [-0.25, -0.2) is 0 Å². The fraction of sp³-hybridized carbons (Fsp3) is 0.714. The maximum absolute atomic E-state index is 12.2. The van der Waals surface area contributed by atoms with E-state index in [1.807, 2.05) is 0 Å². The molecule has 0 saturated heterocycles. The first-order valence-electron chi connectivity index (χ1n) is 6.57. The van der Waals surface area contributed by atoms with Gasteiger partial charge in [-0.05, 0) is 5.92 Å². The van der Waals surface area contributed by atoms with Gasteiger partial charge >= 0.3 is 0 Å². The first kappa shape index (κ1) is 15.2. The Hall–Kier alpha value is -0.903. The molecule has 0 aromatic carbocycles. The lowest BCUT2D eigenvalue weighted by atomic mass is 9.77. The maximum atomic E-state index is 12.2. The number of ketones is 1. The van der Waals surface area contributed by atoms with Gasteiger partial charge in [-0.1, -0.05) is 37.8 Å². The summed E-state index contributed by atoms with van der Waals surface area (Å²) in [5.74, 6) is 0.282. The number of carbonyl (C=O) groups is 2. The Bertz CT molecular complexity index is 380. The highest BCUT2D eigenvalue weighted by atomic mass is 28.3. The minimum atomic E-state index is -1.37. The SMILES string of the molecule is C[C@@H]1CC(=O)C[C@@H](C(=O)N(C)C)/C1=C/[Si](C)(C)C. The second kappa shape index (κ2) is 5.39. The van der Waals surface area contributed by atoms with Crippen molar-refractivity contribution in [2.24, 2.45) is 11.8 Å². The summed E-state index contributed by atoms with van der Waals surface area (Å²) in [6.07, 6.45) is 0.977. The van der Waals surface area contributed by atoms with Gasteiger partial charge in [0.1, 0.15) is 5.78 Å². The zero-order valence-electron chi connectivity index (χ0n) is 12.4. The molecule has 0 aliphatic heterocycles. The molecule has 0 heterocycles. The second-order valence-electron chi connectivity index (χ2n) is 6.64. The predicted octanol–water partition coefficient (Wildman–Crippen LogP) is 2.49. The molecule has 18 heavy (non-hydrogen) atoms. The van der Waals surface area contributed by atoms with Crippen LogP contribution in [0.5, 0.6) is 0 Å². The quantitative estimate of drug-likeness (QED) is 0.721. The highest BCUT2D eigenvalue weighted by Gasteiger charge is 2.35. The molecule has 0 bridgehead atoms. The number of Topliss-reactive ketones (excluding diaryl/α,β-unsaturated/α-hetero) is 1. The summed E-state index contributed by atoms with van der Waals surface area (Å²) < 4.78 is 0. The summed E-state index contributed by atoms with van der Waals surface area (Å²) in [6, 6.07) is 0. The fourth-order valence-corrected chi connectivity index (χ4v) is 4.00. The molecule has 0 N–H and O–H groups in total. The van der Waals surface area contributed by atoms with E-state index in [4.69, 9.17) is 0 Å². The van der Waals surface area contributed by atoms with Crippen LogP contribution in [0, 0.1) is 11.8 Å². The number of hydrogen-bond donors (Lipinski definition) is 0. The zero-order valence-corrected chi connectivity index (χ0v) is 13.4. The number of rotatable bonds is 2. The number of amides is 1. The third-order valence-electron chi connectivity index (χ3n) is 3.28. The van der Waals surface area contributed by atoms with Crippen LogP contribution in [0.15, 0.2) is 11.3 Å². The van der Waals surface area contributed by atoms with Crippen LogP contribution < -0.4 is 0 Å². The van der Waals surface area contributed by atoms with Crippen molar-refractivity contribution in [2.45, 2.75) is 39.4 Å². The average molecular weight is 267 g/mol. The first-order valence-corrected chi connectivity index (χ1v) is 10.1. The van der Waals surface area contributed by atoms with Gasteiger partial charge in [-0.3, -0.25) is 9.59 Å². The van der Waals surface area contributed by atoms with Crippen LogP contribution in [-0.4, -0.2) is 38.8 Å². The normalized spacial score (nSPS) is 27.4. The van der Waals surface area contributed by atoms with Gasteiger partial charge in [0.2, 0.25) is 5.91 Å². The highest BCUT2D eigenvalue weighted by Crippen LogP contribution is 2.34. The van der Waals surface area contributed by atoms with Crippen LogP contribution in [0.2, 0.25) is 19.6 Å². The van der Waals surface area contributed by atoms with Crippen molar-refractivity contribution in [1.82, 2.24) is 4.90 Å². The Labute approximate surface area is 111 Å². The monoisotopic (exact) mass is 267 g/mol. The molecule has 0 radical (unpaired) electrons. The summed E-state index contributed by atoms with van der Waals surface area (Å²) >= 11 is 0. The third kappa shape index (κ3) is 3.80. The largest absolute Gasteiger partial charge is 0.348 e. The molecule has 0 spiro atoms. The molecule has 2 atom stereocenters. The van der Waals surface area contributed by atoms with Crippen LogP contribution in [0.25, 0.3) is 0 Å². The molecular weight excluding hydrogens is 242 g/mol. The Morgan fingerprint density at radius 2 is 1.83 bits per heavy atom. The summed E-state index contributed by atoms with van der Waals surface area (Å²) in [7, 11) is 2.15. The molecule has 1 saturated carbocycles. The van der Waals surface area contributed by atoms with Crippen LogP contribution in [0.3, 0.4) is 0 Å². The lowest BCUT2D eigenvalue weighted by molar-refractivity contribution is -0.136. The van der Waals surface area contributed by atoms with E-state index < -0.39 is 8.07 Å². The summed E-state index contributed by atoms with van der Waals surface area (Å²) in [4.78, 5) is 25.6. The minimum absolute atomic E-state index is 0.0689. The van der Waals surface area contributed by atoms with Crippen molar-refractivity contribution >= 4 is 19.8 Å². The number of hydrogen-bond acceptors (Lipinski definition) is 2. The van der Waals surface area contributed by atoms with E-state index in [0.717, 1.165) is 0 Å². The summed E-state index contributed by atoms with van der Waals surface area (Å²) in [5, 5.41) is 0. The van der Waals surface area contributed by atoms with Crippen molar-refractivity contribution in [3.8, 4) is 0 Å². The van der Waals surface area contributed by atoms with E-state index in [1.54, 1.807) is 19.0 Å². The van der Waals surface area contributed by atoms with Gasteiger partial charge in [0.25, 0.3) is 0 Å². The fourth-order valence-electron chi connectivity index (χ4n) is 2.52. The van der Waals surface area contributed by atoms with Crippen LogP contribution >= 0.6 is 0 Å². The van der Waals surface area contributed by atoms with Crippen LogP contribution in [0.4, 0.5) is 0 Å². The summed E-state index contributed by atoms with van der Waals surface area (Å²) in [6.45, 7) is 8.86. The molecule has 3 nitrogen and oxygen atoms in total. The Morgan fingerprint density at radius 1 is 1.28 bits per heavy atom. The predicted molar refractivity (Wildman–Crippen MR) is 77.0 cm³/mol. The van der Waals surface area contributed by atoms with Gasteiger partial charge in [0.15, 0.2) is 0 Å². The maximum Gasteiger partial charge on any atom is 0.229 e. The molecule has 1 aliphatic carbocycles. The van der Waals surface area contributed by atoms with Gasteiger partial charge in [-0.15, -0.1) is 0 Å². The third-order valence-corrected chi connectivity index (χ3v) is 4.47. The molecule has 4 heteroatoms. The van der Waals surface area contributed by atoms with E-state index in [1.165, 1.54) is 5.57 Å². The molecule has 1 amide bonds. The molecule has 102 valence electrons. The van der Waals surface area contributed by atoms with Crippen LogP contribution in [-0.2, 0) is 9.59 Å². The van der Waals surface area contributed by atoms with Crippen LogP contribution in [0.1, 0.15) is 19.8 Å². The van der Waals surface area contributed by atoms with Crippen molar-refractivity contribution in [1.29, 1.82) is 0 Å². The van der Waals surface area contributed by atoms with Crippen molar-refractivity contribution in [2.75, 3.05) is 14.1 Å². The minimum Gasteiger partial charge on any atom is -0.348 e. The Kier molecular flexibility index (Phi) is 4.54. The first-order chi connectivity index (χ1) is 8.11. The van der Waals surface area contributed by atoms with Gasteiger partial charge in [-0.2, -0.15) is 0 Å². The molecule has 1 aliphatic rings. The van der Waals surface area contributed by atoms with Gasteiger partial charge in [0.05, 0.1) is 14.0 Å². The standard InChI is InChI=1S/C14H25NO2Si/c1-10-7-11(16)8-12(14(17)15(2)3)13(10)9-18(4,5)6/h9-10,12H,7-8H2,1-6H3/b13-9+/t10-,12-/m1/s1. The van der Waals surface area contributed by atoms with E-state index in [2.05, 4.69) is 32.3 Å². The van der Waals surface area contributed by atoms with Crippen molar-refractivity contribution in [3.05, 3.63) is 11.3 Å². The topological polar surface area (TPSA) is 37.4 Å². The number of nitrogens with zero attached hydrogens (tertiary/aromatic N) is 1. The second-order valence-corrected chi connectivity index (χ2v) is 11.7. The molecule has 1 fully saturated rings. The average Bonchev–Trinajstić information content (AvgIpc) is 2.18. The molecule has 0 aromatic rings. The smallest absolute Gasteiger partial charge is 0.229 e. The lowest BCUT2D eigenvalue weighted by Crippen LogP contribution is -2.38. The Morgan fingerprint density at radius 3 is 2.28 bits per heavy atom. The zero-order chi connectivity index (χ0) is 14.1. The molecule has 1 rings (SSSR count). The molecular formula is C14H25NO2Si. The van der Waals surface area contributed by atoms with Crippen molar-refractivity contribution in [3.63, 3.8) is 0 Å². The van der Waals surface area contributed by atoms with Crippen molar-refractivity contribution < 1.29 is 9.59 Å². The van der Waals surface area contributed by atoms with Gasteiger partial charge in [0, 0.05) is 26.9 Å². The van der Waals surface area contributed by atoms with E-state index >= 15 is 0 Å². The Balaban J connectivity index is 3.11. The lowest BCUT2D eigenvalue weighted by Gasteiger charge is -2.32. The van der Waals surface area contributed by atoms with E-state index in [-0.39, 0.29) is 23.5 Å². The highest BCUT2D eigenvalue weighted by molar-refractivity contribution is 6.81. The van der Waals surface area contributed by atoms with E-state index in [0.29, 0.717) is 12.8 Å². The molecule has 0 aromatic heterocycles. The van der Waals surface area contributed by atoms with Gasteiger partial charge < -0.3 is 4.90 Å². The number of carbonyl (C=O) groups excluding carboxylic acids is 2.